The Morgan fingerprint density at radius 1 is 1.30 bits per heavy atom. The Labute approximate surface area is 138 Å². The van der Waals surface area contributed by atoms with E-state index in [1.807, 2.05) is 24.3 Å². The largest absolute Gasteiger partial charge is 0.273 e. The maximum atomic E-state index is 11.8. The van der Waals surface area contributed by atoms with Crippen LogP contribution in [0, 0.1) is 5.92 Å². The lowest BCUT2D eigenvalue weighted by Crippen LogP contribution is -2.21. The zero-order valence-electron chi connectivity index (χ0n) is 13.9. The van der Waals surface area contributed by atoms with Crippen molar-refractivity contribution < 1.29 is 13.2 Å². The second-order valence-corrected chi connectivity index (χ2v) is 9.37. The van der Waals surface area contributed by atoms with Gasteiger partial charge in [0.2, 0.25) is 5.91 Å². The fraction of sp³-hybridized carbons (Fsp3) is 0.529. The van der Waals surface area contributed by atoms with Crippen molar-refractivity contribution in [2.75, 3.05) is 11.5 Å². The molecule has 1 aromatic carbocycles. The van der Waals surface area contributed by atoms with Crippen LogP contribution in [-0.2, 0) is 20.0 Å². The van der Waals surface area contributed by atoms with Crippen LogP contribution >= 0.6 is 0 Å². The highest BCUT2D eigenvalue weighted by Crippen LogP contribution is 2.22. The summed E-state index contributed by atoms with van der Waals surface area (Å²) in [6.07, 6.45) is 2.36. The van der Waals surface area contributed by atoms with Gasteiger partial charge in [-0.3, -0.25) is 4.79 Å². The quantitative estimate of drug-likeness (QED) is 0.677. The molecule has 0 unspecified atom stereocenters. The summed E-state index contributed by atoms with van der Waals surface area (Å²) in [6, 6.07) is 8.01. The summed E-state index contributed by atoms with van der Waals surface area (Å²) >= 11 is 0. The van der Waals surface area contributed by atoms with Gasteiger partial charge in [0.25, 0.3) is 0 Å². The molecule has 0 radical (unpaired) electrons. The fourth-order valence-corrected chi connectivity index (χ4v) is 4.45. The Kier molecular flexibility index (Phi) is 5.24. The number of sulfone groups is 1. The molecule has 1 aromatic rings. The minimum absolute atomic E-state index is 0.0822. The summed E-state index contributed by atoms with van der Waals surface area (Å²) in [6.45, 7) is 6.46. The summed E-state index contributed by atoms with van der Waals surface area (Å²) in [4.78, 5) is 11.8. The molecule has 1 saturated heterocycles. The van der Waals surface area contributed by atoms with E-state index < -0.39 is 9.84 Å². The van der Waals surface area contributed by atoms with Crippen molar-refractivity contribution in [2.45, 2.75) is 39.0 Å². The number of nitrogens with one attached hydrogen (secondary N) is 1. The van der Waals surface area contributed by atoms with Crippen LogP contribution in [0.2, 0.25) is 0 Å². The predicted molar refractivity (Wildman–Crippen MR) is 92.3 cm³/mol. The van der Waals surface area contributed by atoms with Crippen LogP contribution in [-0.4, -0.2) is 32.0 Å². The molecule has 2 rings (SSSR count). The number of amides is 1. The molecule has 0 aromatic heterocycles. The number of carbonyl (C=O) groups is 1. The predicted octanol–water partition coefficient (Wildman–Crippen LogP) is 2.26. The highest BCUT2D eigenvalue weighted by molar-refractivity contribution is 7.91. The first kappa shape index (κ1) is 17.7. The van der Waals surface area contributed by atoms with Crippen LogP contribution in [0.4, 0.5) is 0 Å². The first-order valence-electron chi connectivity index (χ1n) is 7.78. The number of rotatable bonds is 4. The van der Waals surface area contributed by atoms with Gasteiger partial charge in [-0.05, 0) is 28.9 Å². The normalized spacial score (nSPS) is 20.7. The van der Waals surface area contributed by atoms with Crippen molar-refractivity contribution in [3.05, 3.63) is 35.4 Å². The summed E-state index contributed by atoms with van der Waals surface area (Å²) in [5.41, 5.74) is 4.71. The molecule has 1 aliphatic heterocycles. The lowest BCUT2D eigenvalue weighted by Gasteiger charge is -2.18. The molecule has 0 aliphatic carbocycles. The topological polar surface area (TPSA) is 75.6 Å². The first-order chi connectivity index (χ1) is 10.7. The highest BCUT2D eigenvalue weighted by Gasteiger charge is 2.29. The molecule has 1 atom stereocenters. The maximum absolute atomic E-state index is 11.8. The average molecular weight is 336 g/mol. The Hall–Kier alpha value is -1.69. The smallest absolute Gasteiger partial charge is 0.240 e. The van der Waals surface area contributed by atoms with E-state index in [-0.39, 0.29) is 35.2 Å². The molecule has 126 valence electrons. The Morgan fingerprint density at radius 2 is 1.96 bits per heavy atom. The third-order valence-corrected chi connectivity index (χ3v) is 5.82. The van der Waals surface area contributed by atoms with Crippen molar-refractivity contribution in [3.8, 4) is 0 Å². The molecule has 1 fully saturated rings. The van der Waals surface area contributed by atoms with Gasteiger partial charge < -0.3 is 0 Å². The molecule has 6 heteroatoms. The third-order valence-electron chi connectivity index (χ3n) is 3.98. The van der Waals surface area contributed by atoms with Crippen LogP contribution in [0.15, 0.2) is 29.4 Å². The lowest BCUT2D eigenvalue weighted by atomic mass is 9.87. The Balaban J connectivity index is 1.83. The van der Waals surface area contributed by atoms with E-state index in [1.54, 1.807) is 6.21 Å². The Bertz CT molecular complexity index is 686. The zero-order chi connectivity index (χ0) is 17.1. The third kappa shape index (κ3) is 5.46. The molecule has 1 aliphatic rings. The maximum Gasteiger partial charge on any atom is 0.240 e. The van der Waals surface area contributed by atoms with Crippen LogP contribution in [0.25, 0.3) is 0 Å². The van der Waals surface area contributed by atoms with E-state index in [0.29, 0.717) is 6.42 Å². The van der Waals surface area contributed by atoms with Crippen molar-refractivity contribution >= 4 is 22.0 Å². The van der Waals surface area contributed by atoms with Gasteiger partial charge in [-0.1, -0.05) is 45.0 Å². The Morgan fingerprint density at radius 3 is 2.48 bits per heavy atom. The molecule has 0 bridgehead atoms. The molecule has 23 heavy (non-hydrogen) atoms. The number of hydrazone groups is 1. The van der Waals surface area contributed by atoms with Crippen molar-refractivity contribution in [1.82, 2.24) is 5.43 Å². The summed E-state index contributed by atoms with van der Waals surface area (Å²) in [7, 11) is -2.94. The van der Waals surface area contributed by atoms with Gasteiger partial charge in [-0.2, -0.15) is 5.10 Å². The van der Waals surface area contributed by atoms with Gasteiger partial charge in [0.05, 0.1) is 17.7 Å². The molecule has 1 heterocycles. The molecule has 1 amide bonds. The molecule has 0 spiro atoms. The van der Waals surface area contributed by atoms with Gasteiger partial charge in [-0.25, -0.2) is 13.8 Å². The second kappa shape index (κ2) is 6.83. The summed E-state index contributed by atoms with van der Waals surface area (Å²) < 4.78 is 22.7. The average Bonchev–Trinajstić information content (AvgIpc) is 2.77. The van der Waals surface area contributed by atoms with Crippen LogP contribution in [0.3, 0.4) is 0 Å². The van der Waals surface area contributed by atoms with Crippen molar-refractivity contribution in [3.63, 3.8) is 0 Å². The second-order valence-electron chi connectivity index (χ2n) is 7.14. The molecule has 0 saturated carbocycles. The van der Waals surface area contributed by atoms with E-state index >= 15 is 0 Å². The van der Waals surface area contributed by atoms with Gasteiger partial charge in [0.15, 0.2) is 9.84 Å². The van der Waals surface area contributed by atoms with E-state index in [4.69, 9.17) is 0 Å². The van der Waals surface area contributed by atoms with Gasteiger partial charge >= 0.3 is 0 Å². The molecular weight excluding hydrogens is 312 g/mol. The van der Waals surface area contributed by atoms with E-state index in [9.17, 15) is 13.2 Å². The number of hydrogen-bond donors (Lipinski definition) is 1. The number of carbonyl (C=O) groups excluding carboxylic acids is 1. The highest BCUT2D eigenvalue weighted by atomic mass is 32.2. The standard InChI is InChI=1S/C17H24N2O3S/c1-17(2,3)15-6-4-13(5-7-15)11-18-19-16(20)10-14-8-9-23(21,22)12-14/h4-7,11,14H,8-10,12H2,1-3H3,(H,19,20)/b18-11-/t14-/m1/s1. The fourth-order valence-electron chi connectivity index (χ4n) is 2.59. The zero-order valence-corrected chi connectivity index (χ0v) is 14.7. The number of nitrogens with zero attached hydrogens (tertiary/aromatic N) is 1. The van der Waals surface area contributed by atoms with E-state index in [0.717, 1.165) is 5.56 Å². The van der Waals surface area contributed by atoms with Crippen LogP contribution < -0.4 is 5.43 Å². The van der Waals surface area contributed by atoms with Crippen LogP contribution in [0.5, 0.6) is 0 Å². The lowest BCUT2D eigenvalue weighted by molar-refractivity contribution is -0.121. The van der Waals surface area contributed by atoms with Gasteiger partial charge in [0.1, 0.15) is 0 Å². The minimum Gasteiger partial charge on any atom is -0.273 e. The van der Waals surface area contributed by atoms with E-state index in [2.05, 4.69) is 31.3 Å². The summed E-state index contributed by atoms with van der Waals surface area (Å²) in [5, 5.41) is 3.94. The molecular formula is C17H24N2O3S. The summed E-state index contributed by atoms with van der Waals surface area (Å²) in [5.74, 6) is -0.0249. The van der Waals surface area contributed by atoms with Gasteiger partial charge in [-0.15, -0.1) is 0 Å². The van der Waals surface area contributed by atoms with E-state index in [1.165, 1.54) is 5.56 Å². The minimum atomic E-state index is -2.94. The van der Waals surface area contributed by atoms with Crippen molar-refractivity contribution in [1.29, 1.82) is 0 Å². The van der Waals surface area contributed by atoms with Crippen LogP contribution in [0.1, 0.15) is 44.7 Å². The number of benzene rings is 1. The first-order valence-corrected chi connectivity index (χ1v) is 9.61. The molecule has 1 N–H and O–H groups in total. The molecule has 5 nitrogen and oxygen atoms in total. The SMILES string of the molecule is CC(C)(C)c1ccc(/C=N\NC(=O)C[C@H]2CCS(=O)(=O)C2)cc1. The number of hydrogen-bond acceptors (Lipinski definition) is 4. The van der Waals surface area contributed by atoms with Gasteiger partial charge in [0, 0.05) is 6.42 Å². The monoisotopic (exact) mass is 336 g/mol. The van der Waals surface area contributed by atoms with Crippen molar-refractivity contribution in [2.24, 2.45) is 11.0 Å².